The molecule has 1 aromatic rings. The van der Waals surface area contributed by atoms with Crippen molar-refractivity contribution in [3.63, 3.8) is 0 Å². The summed E-state index contributed by atoms with van der Waals surface area (Å²) in [5.41, 5.74) is -3.87. The lowest BCUT2D eigenvalue weighted by atomic mass is 9.90. The van der Waals surface area contributed by atoms with Crippen molar-refractivity contribution in [2.75, 3.05) is 26.9 Å². The zero-order chi connectivity index (χ0) is 31.6. The molecule has 0 aliphatic carbocycles. The molecule has 0 unspecified atom stereocenters. The predicted octanol–water partition coefficient (Wildman–Crippen LogP) is 5.48. The van der Waals surface area contributed by atoms with Gasteiger partial charge in [-0.3, -0.25) is 9.59 Å². The Morgan fingerprint density at radius 3 is 2.21 bits per heavy atom. The Morgan fingerprint density at radius 2 is 1.69 bits per heavy atom. The van der Waals surface area contributed by atoms with Gasteiger partial charge in [0.25, 0.3) is 5.60 Å². The molecule has 42 heavy (non-hydrogen) atoms. The fraction of sp³-hybridized carbons (Fsp3) is 0.700. The quantitative estimate of drug-likeness (QED) is 0.179. The summed E-state index contributed by atoms with van der Waals surface area (Å²) in [6, 6.07) is 6.48. The first kappa shape index (κ1) is 35.5. The van der Waals surface area contributed by atoms with Crippen LogP contribution in [0, 0.1) is 11.8 Å². The van der Waals surface area contributed by atoms with E-state index in [9.17, 15) is 27.6 Å². The molecule has 9 nitrogen and oxygen atoms in total. The van der Waals surface area contributed by atoms with Gasteiger partial charge in [-0.05, 0) is 40.0 Å². The van der Waals surface area contributed by atoms with Crippen LogP contribution in [0.3, 0.4) is 0 Å². The van der Waals surface area contributed by atoms with Gasteiger partial charge in [0.15, 0.2) is 5.79 Å². The number of esters is 3. The van der Waals surface area contributed by atoms with E-state index in [1.165, 1.54) is 18.2 Å². The Bertz CT molecular complexity index is 1020. The van der Waals surface area contributed by atoms with Crippen molar-refractivity contribution in [2.24, 2.45) is 11.8 Å². The monoisotopic (exact) mass is 604 g/mol. The zero-order valence-electron chi connectivity index (χ0n) is 25.2. The van der Waals surface area contributed by atoms with Crippen molar-refractivity contribution in [1.29, 1.82) is 0 Å². The predicted molar refractivity (Wildman–Crippen MR) is 145 cm³/mol. The number of carbonyl (C=O) groups excluding carboxylic acids is 3. The number of hydrogen-bond acceptors (Lipinski definition) is 9. The van der Waals surface area contributed by atoms with Crippen LogP contribution in [0.2, 0.25) is 0 Å². The normalized spacial score (nSPS) is 20.2. The van der Waals surface area contributed by atoms with Crippen molar-refractivity contribution in [3.05, 3.63) is 35.9 Å². The van der Waals surface area contributed by atoms with Gasteiger partial charge >= 0.3 is 24.1 Å². The van der Waals surface area contributed by atoms with Crippen molar-refractivity contribution in [2.45, 2.75) is 96.5 Å². The second kappa shape index (κ2) is 15.7. The first-order valence-corrected chi connectivity index (χ1v) is 14.2. The molecule has 0 bridgehead atoms. The first-order chi connectivity index (χ1) is 19.7. The van der Waals surface area contributed by atoms with Crippen molar-refractivity contribution in [3.8, 4) is 0 Å². The third kappa shape index (κ3) is 9.40. The molecule has 1 aliphatic rings. The summed E-state index contributed by atoms with van der Waals surface area (Å²) in [7, 11) is 0.786. The van der Waals surface area contributed by atoms with Gasteiger partial charge in [0.2, 0.25) is 0 Å². The van der Waals surface area contributed by atoms with E-state index in [1.54, 1.807) is 27.7 Å². The Hall–Kier alpha value is -2.70. The van der Waals surface area contributed by atoms with Gasteiger partial charge < -0.3 is 28.4 Å². The van der Waals surface area contributed by atoms with Gasteiger partial charge in [-0.1, -0.05) is 50.1 Å². The number of halogens is 3. The fourth-order valence-corrected chi connectivity index (χ4v) is 4.97. The van der Waals surface area contributed by atoms with Gasteiger partial charge in [-0.25, -0.2) is 4.79 Å². The van der Waals surface area contributed by atoms with Gasteiger partial charge in [0.1, 0.15) is 12.2 Å². The van der Waals surface area contributed by atoms with Crippen LogP contribution >= 0.6 is 0 Å². The summed E-state index contributed by atoms with van der Waals surface area (Å²) in [5.74, 6) is -4.51. The Balaban J connectivity index is 2.33. The lowest BCUT2D eigenvalue weighted by Crippen LogP contribution is -2.53. The highest BCUT2D eigenvalue weighted by atomic mass is 19.4. The molecule has 1 aromatic carbocycles. The Kier molecular flexibility index (Phi) is 13.2. The topological polar surface area (TPSA) is 107 Å². The lowest BCUT2D eigenvalue weighted by molar-refractivity contribution is -0.280. The molecule has 5 atom stereocenters. The van der Waals surface area contributed by atoms with Crippen LogP contribution in [-0.2, 0) is 48.4 Å². The molecule has 1 saturated heterocycles. The van der Waals surface area contributed by atoms with Crippen LogP contribution < -0.4 is 0 Å². The summed E-state index contributed by atoms with van der Waals surface area (Å²) < 4.78 is 75.8. The summed E-state index contributed by atoms with van der Waals surface area (Å²) >= 11 is 0. The maximum Gasteiger partial charge on any atom is 0.432 e. The maximum absolute atomic E-state index is 14.5. The fourth-order valence-electron chi connectivity index (χ4n) is 4.97. The molecule has 1 fully saturated rings. The summed E-state index contributed by atoms with van der Waals surface area (Å²) in [5, 5.41) is 0. The van der Waals surface area contributed by atoms with Crippen molar-refractivity contribution in [1.82, 2.24) is 0 Å². The number of hydrogen-bond donors (Lipinski definition) is 0. The minimum Gasteiger partial charge on any atom is -0.466 e. The highest BCUT2D eigenvalue weighted by molar-refractivity contribution is 5.83. The molecule has 238 valence electrons. The smallest absolute Gasteiger partial charge is 0.432 e. The number of alkyl halides is 3. The molecular formula is C30H43F3O9. The number of rotatable bonds is 16. The van der Waals surface area contributed by atoms with Crippen molar-refractivity contribution >= 4 is 17.9 Å². The van der Waals surface area contributed by atoms with E-state index in [0.29, 0.717) is 12.8 Å². The van der Waals surface area contributed by atoms with Crippen LogP contribution in [0.4, 0.5) is 13.2 Å². The van der Waals surface area contributed by atoms with Crippen LogP contribution in [0.5, 0.6) is 0 Å². The summed E-state index contributed by atoms with van der Waals surface area (Å²) in [4.78, 5) is 38.3. The average Bonchev–Trinajstić information content (AvgIpc) is 3.27. The van der Waals surface area contributed by atoms with E-state index < -0.39 is 53.2 Å². The number of ether oxygens (including phenoxy) is 6. The molecule has 12 heteroatoms. The van der Waals surface area contributed by atoms with E-state index in [0.717, 1.165) is 19.2 Å². The van der Waals surface area contributed by atoms with E-state index >= 15 is 0 Å². The molecule has 0 saturated carbocycles. The molecule has 0 amide bonds. The number of methoxy groups -OCH3 is 1. The Labute approximate surface area is 245 Å². The minimum atomic E-state index is -5.17. The van der Waals surface area contributed by atoms with Gasteiger partial charge in [-0.2, -0.15) is 13.2 Å². The minimum absolute atomic E-state index is 0.0205. The molecule has 1 aliphatic heterocycles. The first-order valence-electron chi connectivity index (χ1n) is 14.2. The van der Waals surface area contributed by atoms with Crippen LogP contribution in [-0.4, -0.2) is 69.0 Å². The number of carbonyl (C=O) groups is 3. The highest BCUT2D eigenvalue weighted by Gasteiger charge is 2.64. The molecule has 0 radical (unpaired) electrons. The third-order valence-electron chi connectivity index (χ3n) is 7.08. The molecule has 2 rings (SSSR count). The van der Waals surface area contributed by atoms with Crippen LogP contribution in [0.25, 0.3) is 0 Å². The maximum atomic E-state index is 14.5. The van der Waals surface area contributed by atoms with Crippen molar-refractivity contribution < 1.29 is 56.0 Å². The summed E-state index contributed by atoms with van der Waals surface area (Å²) in [6.07, 6.45) is -6.01. The SMILES string of the molecule is CCOC(=O)C[C@@H](C)CCC[C@H](C[C@H](OC(=O)[C@@](OC)(c1ccccc1)C(F)(F)F)[C@H]1COC(C)(C)O1)C(=O)OCC. The average molecular weight is 605 g/mol. The molecule has 0 spiro atoms. The Morgan fingerprint density at radius 1 is 1.05 bits per heavy atom. The van der Waals surface area contributed by atoms with Gasteiger partial charge in [0.05, 0.1) is 25.7 Å². The molecular weight excluding hydrogens is 561 g/mol. The van der Waals surface area contributed by atoms with Crippen LogP contribution in [0.15, 0.2) is 30.3 Å². The highest BCUT2D eigenvalue weighted by Crippen LogP contribution is 2.44. The van der Waals surface area contributed by atoms with Crippen LogP contribution in [0.1, 0.15) is 72.3 Å². The molecule has 0 aromatic heterocycles. The van der Waals surface area contributed by atoms with E-state index in [4.69, 9.17) is 28.4 Å². The molecule has 1 heterocycles. The van der Waals surface area contributed by atoms with E-state index in [1.807, 2.05) is 6.92 Å². The zero-order valence-corrected chi connectivity index (χ0v) is 25.2. The lowest BCUT2D eigenvalue weighted by Gasteiger charge is -2.35. The second-order valence-corrected chi connectivity index (χ2v) is 10.8. The van der Waals surface area contributed by atoms with E-state index in [-0.39, 0.29) is 51.0 Å². The van der Waals surface area contributed by atoms with E-state index in [2.05, 4.69) is 0 Å². The standard InChI is InChI=1S/C30H43F3O9/c1-7-38-25(34)17-20(3)13-12-14-21(26(35)39-8-2)18-23(24-19-40-28(4,5)42-24)41-27(36)29(37-6,30(31,32)33)22-15-10-9-11-16-22/h9-11,15-16,20-21,23-24H,7-8,12-14,17-19H2,1-6H3/t20-,21+,23-,24+,29-/m0/s1. The molecule has 0 N–H and O–H groups in total. The van der Waals surface area contributed by atoms with Gasteiger partial charge in [0, 0.05) is 25.5 Å². The third-order valence-corrected chi connectivity index (χ3v) is 7.08. The number of benzene rings is 1. The largest absolute Gasteiger partial charge is 0.466 e. The second-order valence-electron chi connectivity index (χ2n) is 10.8. The summed E-state index contributed by atoms with van der Waals surface area (Å²) in [6.45, 7) is 8.79. The van der Waals surface area contributed by atoms with Gasteiger partial charge in [-0.15, -0.1) is 0 Å².